The van der Waals surface area contributed by atoms with Gasteiger partial charge in [0.15, 0.2) is 0 Å². The number of nitrogens with zero attached hydrogens (tertiary/aromatic N) is 1. The maximum Gasteiger partial charge on any atom is 0.109 e. The Bertz CT molecular complexity index is 386. The van der Waals surface area contributed by atoms with Crippen molar-refractivity contribution in [3.05, 3.63) is 28.8 Å². The number of nitrogens with two attached hydrogens (primary N) is 1. The molecule has 3 N–H and O–H groups in total. The van der Waals surface area contributed by atoms with Crippen molar-refractivity contribution in [3.8, 4) is 0 Å². The second kappa shape index (κ2) is 8.82. The fraction of sp³-hybridized carbons (Fsp3) is 0.500. The Kier molecular flexibility index (Phi) is 8.70. The Labute approximate surface area is 130 Å². The van der Waals surface area contributed by atoms with Gasteiger partial charge in [0.1, 0.15) is 6.67 Å². The number of hydrogen-bond donors (Lipinski definition) is 2. The van der Waals surface area contributed by atoms with Crippen LogP contribution < -0.4 is 11.1 Å². The van der Waals surface area contributed by atoms with Gasteiger partial charge in [0.25, 0.3) is 0 Å². The van der Waals surface area contributed by atoms with Crippen LogP contribution in [0.25, 0.3) is 0 Å². The van der Waals surface area contributed by atoms with Crippen molar-refractivity contribution in [2.24, 2.45) is 0 Å². The summed E-state index contributed by atoms with van der Waals surface area (Å²) in [4.78, 5) is 2.11. The molecule has 1 heterocycles. The molecule has 0 spiro atoms. The maximum absolute atomic E-state index is 13.3. The average molecular weight is 331 g/mol. The zero-order chi connectivity index (χ0) is 12.3. The van der Waals surface area contributed by atoms with E-state index in [0.717, 1.165) is 31.7 Å². The van der Waals surface area contributed by atoms with Crippen molar-refractivity contribution in [2.45, 2.75) is 6.04 Å². The van der Waals surface area contributed by atoms with E-state index in [1.165, 1.54) is 0 Å². The first-order valence-electron chi connectivity index (χ1n) is 5.78. The van der Waals surface area contributed by atoms with E-state index in [4.69, 9.17) is 17.3 Å². The summed E-state index contributed by atoms with van der Waals surface area (Å²) >= 11 is 5.95. The summed E-state index contributed by atoms with van der Waals surface area (Å²) in [5.41, 5.74) is 7.31. The fourth-order valence-corrected chi connectivity index (χ4v) is 2.39. The van der Waals surface area contributed by atoms with Gasteiger partial charge >= 0.3 is 0 Å². The standard InChI is InChI=1S/C12H17ClFN3.2ClH/c13-9-1-2-11(15)10(7-9)12(8-14)17-5-3-16-4-6-17;;/h1-2,7,12,16H,3-6,8,15H2;2*1H/t12-;;/m0../s1. The number of halogens is 4. The largest absolute Gasteiger partial charge is 0.398 e. The van der Waals surface area contributed by atoms with Crippen LogP contribution in [0, 0.1) is 0 Å². The Morgan fingerprint density at radius 1 is 1.32 bits per heavy atom. The summed E-state index contributed by atoms with van der Waals surface area (Å²) in [6.45, 7) is 3.00. The molecule has 19 heavy (non-hydrogen) atoms. The third-order valence-electron chi connectivity index (χ3n) is 3.15. The molecule has 0 radical (unpaired) electrons. The van der Waals surface area contributed by atoms with Gasteiger partial charge in [-0.05, 0) is 23.8 Å². The second-order valence-corrected chi connectivity index (χ2v) is 4.67. The summed E-state index contributed by atoms with van der Waals surface area (Å²) in [5, 5.41) is 3.85. The molecule has 0 bridgehead atoms. The molecule has 0 amide bonds. The topological polar surface area (TPSA) is 41.3 Å². The van der Waals surface area contributed by atoms with Crippen LogP contribution in [0.5, 0.6) is 0 Å². The van der Waals surface area contributed by atoms with E-state index >= 15 is 0 Å². The normalized spacial score (nSPS) is 17.2. The molecular formula is C12H19Cl3FN3. The molecule has 0 saturated carbocycles. The zero-order valence-electron chi connectivity index (χ0n) is 10.4. The first-order chi connectivity index (χ1) is 8.22. The van der Waals surface area contributed by atoms with Gasteiger partial charge in [-0.3, -0.25) is 4.90 Å². The van der Waals surface area contributed by atoms with Crippen molar-refractivity contribution in [3.63, 3.8) is 0 Å². The van der Waals surface area contributed by atoms with Gasteiger partial charge in [0.05, 0.1) is 6.04 Å². The lowest BCUT2D eigenvalue weighted by Gasteiger charge is -2.34. The van der Waals surface area contributed by atoms with Crippen LogP contribution in [0.2, 0.25) is 5.02 Å². The third-order valence-corrected chi connectivity index (χ3v) is 3.38. The zero-order valence-corrected chi connectivity index (χ0v) is 12.8. The number of nitrogens with one attached hydrogen (secondary N) is 1. The smallest absolute Gasteiger partial charge is 0.109 e. The number of hydrogen-bond acceptors (Lipinski definition) is 3. The quantitative estimate of drug-likeness (QED) is 0.837. The van der Waals surface area contributed by atoms with Gasteiger partial charge in [0.2, 0.25) is 0 Å². The predicted molar refractivity (Wildman–Crippen MR) is 83.5 cm³/mol. The Balaban J connectivity index is 0.00000162. The lowest BCUT2D eigenvalue weighted by atomic mass is 10.0. The Morgan fingerprint density at radius 3 is 2.53 bits per heavy atom. The van der Waals surface area contributed by atoms with Crippen molar-refractivity contribution in [1.82, 2.24) is 10.2 Å². The van der Waals surface area contributed by atoms with Crippen LogP contribution in [-0.4, -0.2) is 37.8 Å². The van der Waals surface area contributed by atoms with Gasteiger partial charge in [-0.15, -0.1) is 24.8 Å². The molecule has 3 nitrogen and oxygen atoms in total. The minimum Gasteiger partial charge on any atom is -0.398 e. The van der Waals surface area contributed by atoms with Crippen molar-refractivity contribution >= 4 is 42.1 Å². The molecule has 1 aliphatic heterocycles. The molecule has 1 saturated heterocycles. The Hall–Kier alpha value is -0.260. The predicted octanol–water partition coefficient (Wildman–Crippen LogP) is 2.68. The number of piperazine rings is 1. The molecule has 1 atom stereocenters. The van der Waals surface area contributed by atoms with E-state index in [-0.39, 0.29) is 30.9 Å². The summed E-state index contributed by atoms with van der Waals surface area (Å²) in [5.74, 6) is 0. The van der Waals surface area contributed by atoms with Crippen LogP contribution in [-0.2, 0) is 0 Å². The van der Waals surface area contributed by atoms with E-state index in [1.54, 1.807) is 18.2 Å². The van der Waals surface area contributed by atoms with Gasteiger partial charge in [-0.25, -0.2) is 4.39 Å². The average Bonchev–Trinajstić information content (AvgIpc) is 2.36. The minimum atomic E-state index is -0.440. The van der Waals surface area contributed by atoms with Gasteiger partial charge in [-0.2, -0.15) is 0 Å². The first kappa shape index (κ1) is 18.7. The highest BCUT2D eigenvalue weighted by molar-refractivity contribution is 6.30. The molecule has 2 rings (SSSR count). The summed E-state index contributed by atoms with van der Waals surface area (Å²) in [6.07, 6.45) is 0. The molecule has 7 heteroatoms. The van der Waals surface area contributed by atoms with Crippen LogP contribution in [0.1, 0.15) is 11.6 Å². The Morgan fingerprint density at radius 2 is 1.95 bits per heavy atom. The highest BCUT2D eigenvalue weighted by Crippen LogP contribution is 2.29. The molecule has 110 valence electrons. The van der Waals surface area contributed by atoms with Crippen molar-refractivity contribution in [2.75, 3.05) is 38.6 Å². The molecule has 0 unspecified atom stereocenters. The number of benzene rings is 1. The maximum atomic E-state index is 13.3. The van der Waals surface area contributed by atoms with E-state index in [2.05, 4.69) is 10.2 Å². The number of rotatable bonds is 3. The monoisotopic (exact) mass is 329 g/mol. The number of nitrogen functional groups attached to an aromatic ring is 1. The van der Waals surface area contributed by atoms with Crippen LogP contribution in [0.3, 0.4) is 0 Å². The second-order valence-electron chi connectivity index (χ2n) is 4.23. The number of alkyl halides is 1. The fourth-order valence-electron chi connectivity index (χ4n) is 2.21. The van der Waals surface area contributed by atoms with E-state index in [1.807, 2.05) is 0 Å². The highest BCUT2D eigenvalue weighted by Gasteiger charge is 2.23. The molecular weight excluding hydrogens is 312 g/mol. The third kappa shape index (κ3) is 4.65. The SMILES string of the molecule is Cl.Cl.Nc1ccc(Cl)cc1[C@H](CF)N1CCNCC1. The lowest BCUT2D eigenvalue weighted by molar-refractivity contribution is 0.148. The van der Waals surface area contributed by atoms with Gasteiger partial charge in [0, 0.05) is 36.9 Å². The van der Waals surface area contributed by atoms with E-state index in [0.29, 0.717) is 10.7 Å². The summed E-state index contributed by atoms with van der Waals surface area (Å²) < 4.78 is 13.3. The van der Waals surface area contributed by atoms with E-state index in [9.17, 15) is 4.39 Å². The van der Waals surface area contributed by atoms with Gasteiger partial charge in [-0.1, -0.05) is 11.6 Å². The number of anilines is 1. The van der Waals surface area contributed by atoms with Crippen LogP contribution in [0.15, 0.2) is 18.2 Å². The van der Waals surface area contributed by atoms with Crippen LogP contribution in [0.4, 0.5) is 10.1 Å². The molecule has 0 aliphatic carbocycles. The molecule has 0 aromatic heterocycles. The molecule has 1 aliphatic rings. The molecule has 1 aromatic carbocycles. The van der Waals surface area contributed by atoms with Crippen LogP contribution >= 0.6 is 36.4 Å². The van der Waals surface area contributed by atoms with Crippen molar-refractivity contribution < 1.29 is 4.39 Å². The van der Waals surface area contributed by atoms with E-state index < -0.39 is 6.67 Å². The first-order valence-corrected chi connectivity index (χ1v) is 6.16. The lowest BCUT2D eigenvalue weighted by Crippen LogP contribution is -2.45. The van der Waals surface area contributed by atoms with Crippen molar-refractivity contribution in [1.29, 1.82) is 0 Å². The minimum absolute atomic E-state index is 0. The molecule has 1 fully saturated rings. The summed E-state index contributed by atoms with van der Waals surface area (Å²) in [7, 11) is 0. The molecule has 1 aromatic rings. The summed E-state index contributed by atoms with van der Waals surface area (Å²) in [6, 6.07) is 4.95. The highest BCUT2D eigenvalue weighted by atomic mass is 35.5. The van der Waals surface area contributed by atoms with Gasteiger partial charge < -0.3 is 11.1 Å².